The van der Waals surface area contributed by atoms with E-state index < -0.39 is 6.29 Å². The number of aliphatic hydroxyl groups excluding tert-OH is 1. The van der Waals surface area contributed by atoms with E-state index in [1.54, 1.807) is 6.07 Å². The van der Waals surface area contributed by atoms with Gasteiger partial charge in [-0.05, 0) is 46.9 Å². The van der Waals surface area contributed by atoms with Crippen LogP contribution in [0.25, 0.3) is 11.1 Å². The molecule has 1 aliphatic rings. The number of benzene rings is 3. The molecule has 8 nitrogen and oxygen atoms in total. The number of thioether (sulfide) groups is 1. The zero-order valence-corrected chi connectivity index (χ0v) is 24.3. The maximum absolute atomic E-state index is 12.2. The van der Waals surface area contributed by atoms with Gasteiger partial charge in [0.05, 0.1) is 18.8 Å². The molecule has 218 valence electrons. The topological polar surface area (TPSA) is 107 Å². The first-order valence-electron chi connectivity index (χ1n) is 14.0. The van der Waals surface area contributed by atoms with Crippen LogP contribution in [0.4, 0.5) is 4.79 Å². The summed E-state index contributed by atoms with van der Waals surface area (Å²) in [6, 6.07) is 29.2. The number of hydrogen-bond acceptors (Lipinski definition) is 6. The number of urea groups is 1. The van der Waals surface area contributed by atoms with E-state index in [0.29, 0.717) is 30.3 Å². The number of aliphatic hydroxyl groups is 1. The van der Waals surface area contributed by atoms with E-state index in [1.165, 1.54) is 18.0 Å². The van der Waals surface area contributed by atoms with Crippen molar-refractivity contribution in [3.8, 4) is 11.1 Å². The first-order valence-corrected chi connectivity index (χ1v) is 15.0. The molecule has 1 aromatic heterocycles. The third-order valence-electron chi connectivity index (χ3n) is 7.05. The van der Waals surface area contributed by atoms with Crippen LogP contribution in [0.15, 0.2) is 102 Å². The monoisotopic (exact) mass is 585 g/mol. The van der Waals surface area contributed by atoms with Gasteiger partial charge in [-0.3, -0.25) is 0 Å². The molecular weight excluding hydrogens is 550 g/mol. The largest absolute Gasteiger partial charge is 0.618 e. The molecule has 0 radical (unpaired) electrons. The number of carbonyl (C=O) groups excluding carboxylic acids is 1. The minimum atomic E-state index is -0.580. The molecule has 5 rings (SSSR count). The number of pyridine rings is 1. The lowest BCUT2D eigenvalue weighted by Gasteiger charge is -2.36. The van der Waals surface area contributed by atoms with Crippen molar-refractivity contribution in [3.05, 3.63) is 125 Å². The maximum atomic E-state index is 12.2. The summed E-state index contributed by atoms with van der Waals surface area (Å²) in [4.78, 5) is 11.8. The molecule has 0 bridgehead atoms. The number of aromatic nitrogens is 1. The molecule has 9 heteroatoms. The Morgan fingerprint density at radius 3 is 2.45 bits per heavy atom. The van der Waals surface area contributed by atoms with Crippen molar-refractivity contribution in [3.63, 3.8) is 0 Å². The first-order chi connectivity index (χ1) is 20.5. The molecule has 1 fully saturated rings. The number of rotatable bonds is 10. The van der Waals surface area contributed by atoms with Gasteiger partial charge in [0.25, 0.3) is 5.03 Å². The number of amides is 2. The second kappa shape index (κ2) is 14.3. The van der Waals surface area contributed by atoms with Crippen molar-refractivity contribution in [2.45, 2.75) is 50.0 Å². The molecular formula is C33H35N3O5S. The van der Waals surface area contributed by atoms with Crippen molar-refractivity contribution in [1.82, 2.24) is 10.6 Å². The Hall–Kier alpha value is -3.89. The molecule has 2 amide bonds. The van der Waals surface area contributed by atoms with Gasteiger partial charge in [-0.25, -0.2) is 4.79 Å². The highest BCUT2D eigenvalue weighted by Crippen LogP contribution is 2.39. The molecule has 3 aromatic carbocycles. The highest BCUT2D eigenvalue weighted by molar-refractivity contribution is 7.99. The summed E-state index contributed by atoms with van der Waals surface area (Å²) >= 11 is 1.47. The van der Waals surface area contributed by atoms with Gasteiger partial charge in [-0.15, -0.1) is 0 Å². The van der Waals surface area contributed by atoms with Crippen LogP contribution in [0, 0.1) is 5.21 Å². The highest BCUT2D eigenvalue weighted by Gasteiger charge is 2.32. The molecule has 0 unspecified atom stereocenters. The van der Waals surface area contributed by atoms with Crippen LogP contribution in [0.1, 0.15) is 48.0 Å². The van der Waals surface area contributed by atoms with Crippen LogP contribution in [0.3, 0.4) is 0 Å². The zero-order chi connectivity index (χ0) is 29.3. The lowest BCUT2D eigenvalue weighted by atomic mass is 9.99. The van der Waals surface area contributed by atoms with Gasteiger partial charge in [-0.2, -0.15) is 4.73 Å². The molecule has 0 aliphatic carbocycles. The number of nitrogens with zero attached hydrogens (tertiary/aromatic N) is 1. The normalized spacial score (nSPS) is 18.4. The predicted octanol–water partition coefficient (Wildman–Crippen LogP) is 5.64. The summed E-state index contributed by atoms with van der Waals surface area (Å²) in [5, 5.41) is 27.9. The summed E-state index contributed by atoms with van der Waals surface area (Å²) in [5.74, 6) is 0.604. The number of hydrogen-bond donors (Lipinski definition) is 3. The van der Waals surface area contributed by atoms with Crippen LogP contribution in [-0.4, -0.2) is 29.5 Å². The van der Waals surface area contributed by atoms with Crippen molar-refractivity contribution >= 4 is 17.8 Å². The summed E-state index contributed by atoms with van der Waals surface area (Å²) in [5.41, 5.74) is 5.86. The van der Waals surface area contributed by atoms with Crippen LogP contribution >= 0.6 is 11.8 Å². The van der Waals surface area contributed by atoms with Gasteiger partial charge in [-0.1, -0.05) is 78.5 Å². The minimum Gasteiger partial charge on any atom is -0.618 e. The van der Waals surface area contributed by atoms with Gasteiger partial charge < -0.3 is 30.4 Å². The Kier molecular flexibility index (Phi) is 10.1. The first kappa shape index (κ1) is 29.6. The highest BCUT2D eigenvalue weighted by atomic mass is 32.2. The second-order valence-electron chi connectivity index (χ2n) is 10.1. The van der Waals surface area contributed by atoms with Gasteiger partial charge in [0.1, 0.15) is 0 Å². The van der Waals surface area contributed by atoms with Crippen molar-refractivity contribution in [2.75, 3.05) is 12.3 Å². The SMILES string of the molecule is CCNC(=O)NCc1cccc(-c2ccc([C@H]3O[C@@H](CSc4cccc[n+]4[O-])C[C@@H](c4ccc(CO)cc4)O3)cc2)c1. The van der Waals surface area contributed by atoms with Gasteiger partial charge >= 0.3 is 6.03 Å². The molecule has 2 heterocycles. The van der Waals surface area contributed by atoms with Crippen LogP contribution < -0.4 is 15.4 Å². The fraction of sp³-hybridized carbons (Fsp3) is 0.273. The molecule has 4 aromatic rings. The third-order valence-corrected chi connectivity index (χ3v) is 8.20. The second-order valence-corrected chi connectivity index (χ2v) is 11.1. The predicted molar refractivity (Wildman–Crippen MR) is 162 cm³/mol. The van der Waals surface area contributed by atoms with E-state index >= 15 is 0 Å². The van der Waals surface area contributed by atoms with E-state index in [0.717, 1.165) is 38.1 Å². The Morgan fingerprint density at radius 1 is 0.929 bits per heavy atom. The Bertz CT molecular complexity index is 1470. The van der Waals surface area contributed by atoms with E-state index in [4.69, 9.17) is 9.47 Å². The molecule has 42 heavy (non-hydrogen) atoms. The van der Waals surface area contributed by atoms with Crippen LogP contribution in [0.5, 0.6) is 0 Å². The average molecular weight is 586 g/mol. The fourth-order valence-corrected chi connectivity index (χ4v) is 5.76. The van der Waals surface area contributed by atoms with E-state index in [2.05, 4.69) is 16.7 Å². The summed E-state index contributed by atoms with van der Waals surface area (Å²) in [6.45, 7) is 2.89. The average Bonchev–Trinajstić information content (AvgIpc) is 3.04. The lowest BCUT2D eigenvalue weighted by molar-refractivity contribution is -0.645. The standard InChI is InChI=1S/C33H35N3O5S/c1-2-34-33(38)35-20-24-6-5-7-28(18-24)25-13-15-27(16-14-25)32-40-29(22-42-31-8-3-4-17-36(31)39)19-30(41-32)26-11-9-23(21-37)10-12-26/h3-18,29-30,32,37H,2,19-22H2,1H3,(H2,34,35,38)/t29-,30+,32+/m1/s1. The van der Waals surface area contributed by atoms with Crippen LogP contribution in [-0.2, 0) is 22.6 Å². The van der Waals surface area contributed by atoms with E-state index in [9.17, 15) is 15.1 Å². The Labute approximate surface area is 250 Å². The molecule has 3 atom stereocenters. The minimum absolute atomic E-state index is 0.0109. The smallest absolute Gasteiger partial charge is 0.315 e. The molecule has 0 spiro atoms. The van der Waals surface area contributed by atoms with E-state index in [-0.39, 0.29) is 24.8 Å². The van der Waals surface area contributed by atoms with Gasteiger partial charge in [0.15, 0.2) is 12.5 Å². The molecule has 0 saturated carbocycles. The summed E-state index contributed by atoms with van der Waals surface area (Å²) in [7, 11) is 0. The Morgan fingerprint density at radius 2 is 1.71 bits per heavy atom. The van der Waals surface area contributed by atoms with Crippen molar-refractivity contribution < 1.29 is 24.1 Å². The summed E-state index contributed by atoms with van der Waals surface area (Å²) < 4.78 is 13.8. The van der Waals surface area contributed by atoms with Crippen LogP contribution in [0.2, 0.25) is 0 Å². The maximum Gasteiger partial charge on any atom is 0.315 e. The fourth-order valence-electron chi connectivity index (χ4n) is 4.82. The zero-order valence-electron chi connectivity index (χ0n) is 23.4. The number of carbonyl (C=O) groups is 1. The third kappa shape index (κ3) is 7.68. The number of ether oxygens (including phenoxy) is 2. The van der Waals surface area contributed by atoms with Gasteiger partial charge in [0, 0.05) is 43.0 Å². The van der Waals surface area contributed by atoms with E-state index in [1.807, 2.05) is 85.8 Å². The van der Waals surface area contributed by atoms with Gasteiger partial charge in [0.2, 0.25) is 0 Å². The van der Waals surface area contributed by atoms with Crippen molar-refractivity contribution in [1.29, 1.82) is 0 Å². The summed E-state index contributed by atoms with van der Waals surface area (Å²) in [6.07, 6.45) is 1.21. The molecule has 1 aliphatic heterocycles. The molecule has 1 saturated heterocycles. The Balaban J connectivity index is 1.31. The lowest BCUT2D eigenvalue weighted by Crippen LogP contribution is -2.34. The quantitative estimate of drug-likeness (QED) is 0.126. The molecule has 3 N–H and O–H groups in total. The van der Waals surface area contributed by atoms with Crippen molar-refractivity contribution in [2.24, 2.45) is 0 Å². The number of nitrogens with one attached hydrogen (secondary N) is 2.